The molecule has 0 amide bonds. The number of ether oxygens (including phenoxy) is 1. The number of hydrogen-bond acceptors (Lipinski definition) is 6. The summed E-state index contributed by atoms with van der Waals surface area (Å²) < 4.78 is 18.1. The molecule has 0 aliphatic rings. The van der Waals surface area contributed by atoms with E-state index in [4.69, 9.17) is 5.11 Å². The van der Waals surface area contributed by atoms with Gasteiger partial charge in [0.25, 0.3) is 5.69 Å². The van der Waals surface area contributed by atoms with E-state index in [1.807, 2.05) is 0 Å². The van der Waals surface area contributed by atoms with Gasteiger partial charge >= 0.3 is 11.9 Å². The quantitative estimate of drug-likeness (QED) is 0.371. The maximum absolute atomic E-state index is 13.5. The second-order valence-electron chi connectivity index (χ2n) is 3.46. The van der Waals surface area contributed by atoms with Gasteiger partial charge in [0.05, 0.1) is 22.2 Å². The van der Waals surface area contributed by atoms with Crippen molar-refractivity contribution in [1.29, 1.82) is 0 Å². The van der Waals surface area contributed by atoms with Crippen LogP contribution in [0.15, 0.2) is 17.0 Å². The monoisotopic (exact) mass is 303 g/mol. The number of nitrogens with zero attached hydrogens (tertiary/aromatic N) is 1. The van der Waals surface area contributed by atoms with Crippen LogP contribution in [0.2, 0.25) is 0 Å². The first kappa shape index (κ1) is 15.9. The fourth-order valence-electron chi connectivity index (χ4n) is 1.31. The maximum Gasteiger partial charge on any atom is 0.338 e. The molecule has 1 aromatic carbocycles. The van der Waals surface area contributed by atoms with Crippen LogP contribution < -0.4 is 0 Å². The molecule has 0 fully saturated rings. The van der Waals surface area contributed by atoms with Crippen LogP contribution in [0.5, 0.6) is 0 Å². The lowest BCUT2D eigenvalue weighted by atomic mass is 10.2. The molecule has 0 atom stereocenters. The number of esters is 1. The van der Waals surface area contributed by atoms with E-state index >= 15 is 0 Å². The topological polar surface area (TPSA) is 107 Å². The van der Waals surface area contributed by atoms with E-state index in [2.05, 4.69) is 4.74 Å². The third-order valence-electron chi connectivity index (χ3n) is 2.13. The van der Waals surface area contributed by atoms with Crippen molar-refractivity contribution in [2.75, 3.05) is 12.4 Å². The number of carboxylic acid groups (broad SMARTS) is 1. The molecule has 0 spiro atoms. The van der Waals surface area contributed by atoms with E-state index in [9.17, 15) is 24.1 Å². The highest BCUT2D eigenvalue weighted by Gasteiger charge is 2.22. The number of carbonyl (C=O) groups excluding carboxylic acids is 1. The summed E-state index contributed by atoms with van der Waals surface area (Å²) in [5.41, 5.74) is -1.37. The van der Waals surface area contributed by atoms with Crippen LogP contribution in [-0.4, -0.2) is 34.3 Å². The number of hydrogen-bond donors (Lipinski definition) is 1. The van der Waals surface area contributed by atoms with Crippen molar-refractivity contribution in [1.82, 2.24) is 0 Å². The van der Waals surface area contributed by atoms with E-state index in [0.29, 0.717) is 17.8 Å². The summed E-state index contributed by atoms with van der Waals surface area (Å²) >= 11 is 0.709. The molecule has 0 saturated heterocycles. The van der Waals surface area contributed by atoms with Gasteiger partial charge in [-0.25, -0.2) is 9.18 Å². The number of rotatable bonds is 6. The highest BCUT2D eigenvalue weighted by Crippen LogP contribution is 2.31. The third kappa shape index (κ3) is 3.92. The number of carboxylic acids is 1. The molecule has 0 aliphatic carbocycles. The van der Waals surface area contributed by atoms with Crippen LogP contribution >= 0.6 is 11.8 Å². The van der Waals surface area contributed by atoms with Crippen molar-refractivity contribution in [3.05, 3.63) is 33.6 Å². The Bertz CT molecular complexity index is 562. The summed E-state index contributed by atoms with van der Waals surface area (Å²) in [6.07, 6.45) is 0. The standard InChI is InChI=1S/C11H10FNO6S/c1-2-19-10(14)5-20-9-4-7(12)6(11(15)16)3-8(9)13(17)18/h3-4H,2,5H2,1H3,(H,15,16). The Morgan fingerprint density at radius 1 is 1.50 bits per heavy atom. The highest BCUT2D eigenvalue weighted by molar-refractivity contribution is 8.00. The highest BCUT2D eigenvalue weighted by atomic mass is 32.2. The Kier molecular flexibility index (Phi) is 5.44. The van der Waals surface area contributed by atoms with Gasteiger partial charge in [-0.1, -0.05) is 0 Å². The number of halogens is 1. The number of carbonyl (C=O) groups is 2. The normalized spacial score (nSPS) is 10.1. The molecule has 0 aromatic heterocycles. The van der Waals surface area contributed by atoms with Gasteiger partial charge in [0.1, 0.15) is 11.4 Å². The zero-order valence-corrected chi connectivity index (χ0v) is 11.1. The lowest BCUT2D eigenvalue weighted by Crippen LogP contribution is -2.08. The number of benzene rings is 1. The number of thioether (sulfide) groups is 1. The van der Waals surface area contributed by atoms with Crippen molar-refractivity contribution in [3.8, 4) is 0 Å². The summed E-state index contributed by atoms with van der Waals surface area (Å²) in [7, 11) is 0. The molecule has 0 unspecified atom stereocenters. The summed E-state index contributed by atoms with van der Waals surface area (Å²) in [5, 5.41) is 19.5. The molecule has 108 valence electrons. The second kappa shape index (κ2) is 6.85. The van der Waals surface area contributed by atoms with Crippen molar-refractivity contribution in [2.45, 2.75) is 11.8 Å². The van der Waals surface area contributed by atoms with E-state index in [1.165, 1.54) is 0 Å². The molecule has 20 heavy (non-hydrogen) atoms. The van der Waals surface area contributed by atoms with Gasteiger partial charge in [-0.3, -0.25) is 14.9 Å². The van der Waals surface area contributed by atoms with Crippen LogP contribution in [0.4, 0.5) is 10.1 Å². The van der Waals surface area contributed by atoms with Crippen molar-refractivity contribution >= 4 is 29.4 Å². The molecule has 1 aromatic rings. The largest absolute Gasteiger partial charge is 0.478 e. The Morgan fingerprint density at radius 3 is 2.65 bits per heavy atom. The molecule has 0 aliphatic heterocycles. The Morgan fingerprint density at radius 2 is 2.15 bits per heavy atom. The van der Waals surface area contributed by atoms with Gasteiger partial charge in [-0.15, -0.1) is 11.8 Å². The molecule has 9 heteroatoms. The predicted octanol–water partition coefficient (Wildman–Crippen LogP) is 2.09. The third-order valence-corrected chi connectivity index (χ3v) is 3.14. The zero-order valence-electron chi connectivity index (χ0n) is 10.3. The van der Waals surface area contributed by atoms with Crippen molar-refractivity contribution in [3.63, 3.8) is 0 Å². The SMILES string of the molecule is CCOC(=O)CSc1cc(F)c(C(=O)O)cc1[N+](=O)[O-]. The lowest BCUT2D eigenvalue weighted by Gasteiger charge is -2.05. The summed E-state index contributed by atoms with van der Waals surface area (Å²) in [4.78, 5) is 31.7. The summed E-state index contributed by atoms with van der Waals surface area (Å²) in [5.74, 6) is -3.54. The minimum atomic E-state index is -1.60. The number of nitro benzene ring substituents is 1. The van der Waals surface area contributed by atoms with E-state index in [1.54, 1.807) is 6.92 Å². The Labute approximate surface area is 116 Å². The molecule has 0 radical (unpaired) electrons. The maximum atomic E-state index is 13.5. The first-order valence-corrected chi connectivity index (χ1v) is 6.35. The van der Waals surface area contributed by atoms with Gasteiger partial charge < -0.3 is 9.84 Å². The van der Waals surface area contributed by atoms with Gasteiger partial charge in [-0.05, 0) is 13.0 Å². The average molecular weight is 303 g/mol. The summed E-state index contributed by atoms with van der Waals surface area (Å²) in [6, 6.07) is 1.36. The van der Waals surface area contributed by atoms with Gasteiger partial charge in [0.15, 0.2) is 0 Å². The van der Waals surface area contributed by atoms with Crippen molar-refractivity contribution in [2.24, 2.45) is 0 Å². The Balaban J connectivity index is 3.06. The second-order valence-corrected chi connectivity index (χ2v) is 4.47. The van der Waals surface area contributed by atoms with Crippen LogP contribution in [0, 0.1) is 15.9 Å². The number of aromatic carboxylic acids is 1. The van der Waals surface area contributed by atoms with E-state index in [0.717, 1.165) is 6.07 Å². The van der Waals surface area contributed by atoms with Crippen LogP contribution in [0.25, 0.3) is 0 Å². The molecule has 1 N–H and O–H groups in total. The first-order valence-electron chi connectivity index (χ1n) is 5.36. The molecule has 1 rings (SSSR count). The first-order chi connectivity index (χ1) is 9.36. The van der Waals surface area contributed by atoms with Crippen LogP contribution in [0.3, 0.4) is 0 Å². The molecular formula is C11H10FNO6S. The Hall–Kier alpha value is -2.16. The summed E-state index contributed by atoms with van der Waals surface area (Å²) in [6.45, 7) is 1.76. The molecule has 7 nitrogen and oxygen atoms in total. The molecule has 0 bridgehead atoms. The van der Waals surface area contributed by atoms with E-state index < -0.39 is 33.9 Å². The van der Waals surface area contributed by atoms with Crippen molar-refractivity contribution < 1.29 is 28.7 Å². The minimum absolute atomic E-state index is 0.134. The zero-order chi connectivity index (χ0) is 15.3. The molecule has 0 heterocycles. The molecule has 0 saturated carbocycles. The lowest BCUT2D eigenvalue weighted by molar-refractivity contribution is -0.387. The van der Waals surface area contributed by atoms with Crippen LogP contribution in [0.1, 0.15) is 17.3 Å². The fraction of sp³-hybridized carbons (Fsp3) is 0.273. The fourth-order valence-corrected chi connectivity index (χ4v) is 2.13. The van der Waals surface area contributed by atoms with Gasteiger partial charge in [0.2, 0.25) is 0 Å². The minimum Gasteiger partial charge on any atom is -0.478 e. The smallest absolute Gasteiger partial charge is 0.338 e. The van der Waals surface area contributed by atoms with Crippen LogP contribution in [-0.2, 0) is 9.53 Å². The molecular weight excluding hydrogens is 293 g/mol. The van der Waals surface area contributed by atoms with Gasteiger partial charge in [0, 0.05) is 6.07 Å². The van der Waals surface area contributed by atoms with E-state index in [-0.39, 0.29) is 17.3 Å². The van der Waals surface area contributed by atoms with Gasteiger partial charge in [-0.2, -0.15) is 0 Å². The number of nitro groups is 1. The predicted molar refractivity (Wildman–Crippen MR) is 67.4 cm³/mol. The average Bonchev–Trinajstić information content (AvgIpc) is 2.35.